The van der Waals surface area contributed by atoms with E-state index in [-0.39, 0.29) is 12.1 Å². The second-order valence-electron chi connectivity index (χ2n) is 4.93. The number of hydrogen-bond acceptors (Lipinski definition) is 5. The van der Waals surface area contributed by atoms with Gasteiger partial charge in [-0.05, 0) is 27.3 Å². The van der Waals surface area contributed by atoms with Crippen LogP contribution in [-0.2, 0) is 19.0 Å². The molecule has 0 rings (SSSR count). The minimum absolute atomic E-state index is 0.0358. The monoisotopic (exact) mass is 275 g/mol. The van der Waals surface area contributed by atoms with E-state index < -0.39 is 5.54 Å². The van der Waals surface area contributed by atoms with Gasteiger partial charge in [0.1, 0.15) is 5.54 Å². The van der Waals surface area contributed by atoms with Crippen molar-refractivity contribution in [3.63, 3.8) is 0 Å². The molecule has 0 aromatic heterocycles. The third-order valence-corrected chi connectivity index (χ3v) is 3.16. The number of esters is 1. The van der Waals surface area contributed by atoms with Crippen LogP contribution in [0.15, 0.2) is 0 Å². The smallest absolute Gasteiger partial charge is 0.325 e. The summed E-state index contributed by atoms with van der Waals surface area (Å²) in [4.78, 5) is 11.7. The average molecular weight is 275 g/mol. The summed E-state index contributed by atoms with van der Waals surface area (Å²) < 4.78 is 15.9. The van der Waals surface area contributed by atoms with Gasteiger partial charge in [0.2, 0.25) is 0 Å². The second kappa shape index (κ2) is 10.2. The molecule has 5 nitrogen and oxygen atoms in total. The Hall–Kier alpha value is -0.650. The predicted molar refractivity (Wildman–Crippen MR) is 75.2 cm³/mol. The van der Waals surface area contributed by atoms with E-state index in [4.69, 9.17) is 14.2 Å². The first kappa shape index (κ1) is 18.4. The van der Waals surface area contributed by atoms with Crippen molar-refractivity contribution in [3.05, 3.63) is 0 Å². The SMILES string of the molecule is CCCCOCCOC(C)CC(C)(NC)C(=O)OC. The lowest BCUT2D eigenvalue weighted by Gasteiger charge is -2.29. The lowest BCUT2D eigenvalue weighted by atomic mass is 9.95. The van der Waals surface area contributed by atoms with E-state index in [1.807, 2.05) is 13.8 Å². The van der Waals surface area contributed by atoms with E-state index in [1.165, 1.54) is 7.11 Å². The fourth-order valence-electron chi connectivity index (χ4n) is 1.80. The normalized spacial score (nSPS) is 15.8. The fourth-order valence-corrected chi connectivity index (χ4v) is 1.80. The summed E-state index contributed by atoms with van der Waals surface area (Å²) in [7, 11) is 3.14. The zero-order chi connectivity index (χ0) is 14.7. The first-order valence-corrected chi connectivity index (χ1v) is 6.96. The minimum Gasteiger partial charge on any atom is -0.468 e. The average Bonchev–Trinajstić information content (AvgIpc) is 2.41. The van der Waals surface area contributed by atoms with Crippen LogP contribution >= 0.6 is 0 Å². The van der Waals surface area contributed by atoms with Crippen molar-refractivity contribution < 1.29 is 19.0 Å². The van der Waals surface area contributed by atoms with E-state index in [1.54, 1.807) is 7.05 Å². The van der Waals surface area contributed by atoms with E-state index in [0.29, 0.717) is 19.6 Å². The summed E-state index contributed by atoms with van der Waals surface area (Å²) in [5.41, 5.74) is -0.711. The standard InChI is InChI=1S/C14H29NO4/c1-6-7-8-18-9-10-19-12(2)11-14(3,15-4)13(16)17-5/h12,15H,6-11H2,1-5H3. The highest BCUT2D eigenvalue weighted by atomic mass is 16.5. The quantitative estimate of drug-likeness (QED) is 0.460. The van der Waals surface area contributed by atoms with Gasteiger partial charge in [0, 0.05) is 13.0 Å². The van der Waals surface area contributed by atoms with Crippen LogP contribution in [0.3, 0.4) is 0 Å². The lowest BCUT2D eigenvalue weighted by molar-refractivity contribution is -0.149. The molecule has 0 saturated carbocycles. The fraction of sp³-hybridized carbons (Fsp3) is 0.929. The van der Waals surface area contributed by atoms with Gasteiger partial charge < -0.3 is 19.5 Å². The largest absolute Gasteiger partial charge is 0.468 e. The zero-order valence-electron chi connectivity index (χ0n) is 13.0. The molecule has 0 heterocycles. The Bertz CT molecular complexity index is 248. The van der Waals surface area contributed by atoms with Crippen molar-refractivity contribution in [3.8, 4) is 0 Å². The first-order valence-electron chi connectivity index (χ1n) is 6.96. The van der Waals surface area contributed by atoms with Gasteiger partial charge in [-0.2, -0.15) is 0 Å². The molecule has 0 saturated heterocycles. The van der Waals surface area contributed by atoms with Gasteiger partial charge in [0.25, 0.3) is 0 Å². The number of methoxy groups -OCH3 is 1. The maximum Gasteiger partial charge on any atom is 0.325 e. The Morgan fingerprint density at radius 1 is 1.32 bits per heavy atom. The molecule has 0 aromatic carbocycles. The number of rotatable bonds is 11. The molecule has 0 amide bonds. The van der Waals surface area contributed by atoms with Gasteiger partial charge in [0.15, 0.2) is 0 Å². The third kappa shape index (κ3) is 7.50. The summed E-state index contributed by atoms with van der Waals surface area (Å²) >= 11 is 0. The number of likely N-dealkylation sites (N-methyl/N-ethyl adjacent to an activating group) is 1. The topological polar surface area (TPSA) is 56.8 Å². The van der Waals surface area contributed by atoms with Crippen LogP contribution in [0.5, 0.6) is 0 Å². The molecule has 0 bridgehead atoms. The molecular weight excluding hydrogens is 246 g/mol. The van der Waals surface area contributed by atoms with Gasteiger partial charge in [-0.25, -0.2) is 0 Å². The van der Waals surface area contributed by atoms with Crippen LogP contribution in [0.1, 0.15) is 40.0 Å². The van der Waals surface area contributed by atoms with Crippen LogP contribution in [0, 0.1) is 0 Å². The van der Waals surface area contributed by atoms with E-state index in [9.17, 15) is 4.79 Å². The maximum absolute atomic E-state index is 11.7. The molecule has 0 spiro atoms. The highest BCUT2D eigenvalue weighted by Crippen LogP contribution is 2.15. The number of ether oxygens (including phenoxy) is 3. The molecule has 1 N–H and O–H groups in total. The van der Waals surface area contributed by atoms with Crippen molar-refractivity contribution >= 4 is 5.97 Å². The Morgan fingerprint density at radius 2 is 2.00 bits per heavy atom. The third-order valence-electron chi connectivity index (χ3n) is 3.16. The summed E-state index contributed by atoms with van der Waals surface area (Å²) in [6.07, 6.45) is 2.74. The van der Waals surface area contributed by atoms with E-state index in [0.717, 1.165) is 19.4 Å². The van der Waals surface area contributed by atoms with Crippen LogP contribution in [0.2, 0.25) is 0 Å². The second-order valence-corrected chi connectivity index (χ2v) is 4.93. The van der Waals surface area contributed by atoms with Crippen molar-refractivity contribution in [1.82, 2.24) is 5.32 Å². The summed E-state index contributed by atoms with van der Waals surface area (Å²) in [6, 6.07) is 0. The maximum atomic E-state index is 11.7. The Balaban J connectivity index is 3.88. The van der Waals surface area contributed by atoms with Crippen molar-refractivity contribution in [1.29, 1.82) is 0 Å². The molecule has 0 aliphatic carbocycles. The number of carbonyl (C=O) groups excluding carboxylic acids is 1. The first-order chi connectivity index (χ1) is 9.00. The van der Waals surface area contributed by atoms with E-state index in [2.05, 4.69) is 12.2 Å². The Labute approximate surface area is 117 Å². The Kier molecular flexibility index (Phi) is 9.83. The van der Waals surface area contributed by atoms with Crippen LogP contribution in [0.25, 0.3) is 0 Å². The van der Waals surface area contributed by atoms with Crippen molar-refractivity contribution in [2.45, 2.75) is 51.7 Å². The minimum atomic E-state index is -0.711. The number of carbonyl (C=O) groups is 1. The number of hydrogen-bond donors (Lipinski definition) is 1. The molecular formula is C14H29NO4. The zero-order valence-corrected chi connectivity index (χ0v) is 13.0. The highest BCUT2D eigenvalue weighted by molar-refractivity contribution is 5.80. The Morgan fingerprint density at radius 3 is 2.53 bits per heavy atom. The number of nitrogens with one attached hydrogen (secondary N) is 1. The van der Waals surface area contributed by atoms with Crippen LogP contribution < -0.4 is 5.32 Å². The van der Waals surface area contributed by atoms with Gasteiger partial charge in [-0.15, -0.1) is 0 Å². The molecule has 2 atom stereocenters. The molecule has 0 radical (unpaired) electrons. The van der Waals surface area contributed by atoms with Crippen LogP contribution in [0.4, 0.5) is 0 Å². The molecule has 0 fully saturated rings. The molecule has 114 valence electrons. The van der Waals surface area contributed by atoms with Crippen LogP contribution in [-0.4, -0.2) is 51.6 Å². The van der Waals surface area contributed by atoms with Crippen molar-refractivity contribution in [2.75, 3.05) is 34.0 Å². The lowest BCUT2D eigenvalue weighted by Crippen LogP contribution is -2.50. The molecule has 5 heteroatoms. The van der Waals surface area contributed by atoms with Gasteiger partial charge >= 0.3 is 5.97 Å². The molecule has 0 aliphatic rings. The van der Waals surface area contributed by atoms with Crippen molar-refractivity contribution in [2.24, 2.45) is 0 Å². The van der Waals surface area contributed by atoms with Gasteiger partial charge in [-0.1, -0.05) is 13.3 Å². The van der Waals surface area contributed by atoms with Gasteiger partial charge in [-0.3, -0.25) is 4.79 Å². The van der Waals surface area contributed by atoms with E-state index >= 15 is 0 Å². The molecule has 0 aromatic rings. The molecule has 19 heavy (non-hydrogen) atoms. The summed E-state index contributed by atoms with van der Waals surface area (Å²) in [6.45, 7) is 7.82. The van der Waals surface area contributed by atoms with Gasteiger partial charge in [0.05, 0.1) is 26.4 Å². The molecule has 2 unspecified atom stereocenters. The summed E-state index contributed by atoms with van der Waals surface area (Å²) in [5.74, 6) is -0.273. The molecule has 0 aliphatic heterocycles. The predicted octanol–water partition coefficient (Wildman–Crippen LogP) is 1.75. The summed E-state index contributed by atoms with van der Waals surface area (Å²) in [5, 5.41) is 2.99. The number of unbranched alkanes of at least 4 members (excludes halogenated alkanes) is 1. The highest BCUT2D eigenvalue weighted by Gasteiger charge is 2.34.